The van der Waals surface area contributed by atoms with Gasteiger partial charge in [0.05, 0.1) is 5.02 Å². The molecule has 0 radical (unpaired) electrons. The van der Waals surface area contributed by atoms with Gasteiger partial charge in [-0.25, -0.2) is 0 Å². The number of aliphatic hydroxyl groups is 1. The summed E-state index contributed by atoms with van der Waals surface area (Å²) in [4.78, 5) is 0. The third-order valence-electron chi connectivity index (χ3n) is 1.96. The zero-order valence-electron chi connectivity index (χ0n) is 9.04. The molecular formula is C11H15BrClNO2. The molecule has 2 N–H and O–H groups in total. The quantitative estimate of drug-likeness (QED) is 0.848. The molecule has 0 aliphatic carbocycles. The normalized spacial score (nSPS) is 12.5. The van der Waals surface area contributed by atoms with Crippen LogP contribution in [0.1, 0.15) is 6.92 Å². The summed E-state index contributed by atoms with van der Waals surface area (Å²) < 4.78 is 6.31. The van der Waals surface area contributed by atoms with Crippen molar-refractivity contribution in [1.82, 2.24) is 5.32 Å². The lowest BCUT2D eigenvalue weighted by Gasteiger charge is -2.13. The minimum atomic E-state index is -0.528. The number of benzene rings is 1. The lowest BCUT2D eigenvalue weighted by atomic mass is 10.3. The Morgan fingerprint density at radius 1 is 1.56 bits per heavy atom. The smallest absolute Gasteiger partial charge is 0.138 e. The van der Waals surface area contributed by atoms with Gasteiger partial charge in [-0.05, 0) is 24.7 Å². The third-order valence-corrected chi connectivity index (χ3v) is 2.74. The van der Waals surface area contributed by atoms with Crippen molar-refractivity contribution in [2.75, 3.05) is 19.7 Å². The highest BCUT2D eigenvalue weighted by Gasteiger charge is 2.06. The molecule has 0 fully saturated rings. The van der Waals surface area contributed by atoms with E-state index < -0.39 is 6.10 Å². The maximum Gasteiger partial charge on any atom is 0.138 e. The van der Waals surface area contributed by atoms with Crippen molar-refractivity contribution in [2.45, 2.75) is 13.0 Å². The van der Waals surface area contributed by atoms with E-state index in [1.54, 1.807) is 12.1 Å². The third kappa shape index (κ3) is 4.70. The number of nitrogens with one attached hydrogen (secondary N) is 1. The lowest BCUT2D eigenvalue weighted by molar-refractivity contribution is 0.107. The van der Waals surface area contributed by atoms with Gasteiger partial charge in [0.25, 0.3) is 0 Å². The van der Waals surface area contributed by atoms with Gasteiger partial charge in [-0.15, -0.1) is 0 Å². The Hall–Kier alpha value is -0.290. The van der Waals surface area contributed by atoms with E-state index >= 15 is 0 Å². The summed E-state index contributed by atoms with van der Waals surface area (Å²) >= 11 is 9.28. The lowest BCUT2D eigenvalue weighted by Crippen LogP contribution is -2.31. The molecule has 0 heterocycles. The second-order valence-corrected chi connectivity index (χ2v) is 4.67. The monoisotopic (exact) mass is 307 g/mol. The Morgan fingerprint density at radius 3 is 2.94 bits per heavy atom. The van der Waals surface area contributed by atoms with Crippen molar-refractivity contribution >= 4 is 27.5 Å². The number of aliphatic hydroxyl groups excluding tert-OH is 1. The number of hydrogen-bond donors (Lipinski definition) is 2. The molecule has 0 aliphatic heterocycles. The van der Waals surface area contributed by atoms with Crippen LogP contribution in [0.3, 0.4) is 0 Å². The van der Waals surface area contributed by atoms with E-state index in [1.165, 1.54) is 0 Å². The predicted octanol–water partition coefficient (Wildman–Crippen LogP) is 2.45. The van der Waals surface area contributed by atoms with E-state index in [4.69, 9.17) is 16.3 Å². The first-order valence-corrected chi connectivity index (χ1v) is 6.27. The number of rotatable bonds is 6. The molecule has 1 aromatic rings. The van der Waals surface area contributed by atoms with Crippen LogP contribution in [0.15, 0.2) is 22.7 Å². The first kappa shape index (κ1) is 13.8. The van der Waals surface area contributed by atoms with Gasteiger partial charge in [-0.3, -0.25) is 0 Å². The van der Waals surface area contributed by atoms with Gasteiger partial charge in [0.15, 0.2) is 0 Å². The molecule has 1 unspecified atom stereocenters. The van der Waals surface area contributed by atoms with Crippen molar-refractivity contribution in [3.63, 3.8) is 0 Å². The predicted molar refractivity (Wildman–Crippen MR) is 69.2 cm³/mol. The Balaban J connectivity index is 2.42. The van der Waals surface area contributed by atoms with E-state index in [-0.39, 0.29) is 6.61 Å². The molecule has 0 saturated carbocycles. The van der Waals surface area contributed by atoms with Crippen molar-refractivity contribution in [3.8, 4) is 5.75 Å². The molecule has 0 spiro atoms. The molecule has 3 nitrogen and oxygen atoms in total. The molecule has 16 heavy (non-hydrogen) atoms. The molecule has 1 rings (SSSR count). The van der Waals surface area contributed by atoms with Crippen molar-refractivity contribution < 1.29 is 9.84 Å². The fourth-order valence-electron chi connectivity index (χ4n) is 1.15. The average Bonchev–Trinajstić information content (AvgIpc) is 2.25. The highest BCUT2D eigenvalue weighted by molar-refractivity contribution is 9.10. The zero-order chi connectivity index (χ0) is 12.0. The largest absolute Gasteiger partial charge is 0.489 e. The van der Waals surface area contributed by atoms with Crippen LogP contribution in [0.4, 0.5) is 0 Å². The summed E-state index contributed by atoms with van der Waals surface area (Å²) in [5, 5.41) is 13.1. The fraction of sp³-hybridized carbons (Fsp3) is 0.455. The Bertz CT molecular complexity index is 336. The summed E-state index contributed by atoms with van der Waals surface area (Å²) in [7, 11) is 0. The molecular weight excluding hydrogens is 293 g/mol. The second kappa shape index (κ2) is 7.12. The van der Waals surface area contributed by atoms with Gasteiger partial charge in [-0.2, -0.15) is 0 Å². The van der Waals surface area contributed by atoms with Crippen LogP contribution in [-0.4, -0.2) is 30.9 Å². The number of hydrogen-bond acceptors (Lipinski definition) is 3. The van der Waals surface area contributed by atoms with Gasteiger partial charge in [0.2, 0.25) is 0 Å². The van der Waals surface area contributed by atoms with Crippen LogP contribution in [0.2, 0.25) is 5.02 Å². The Kier molecular flexibility index (Phi) is 6.13. The summed E-state index contributed by atoms with van der Waals surface area (Å²) in [5.41, 5.74) is 0. The molecule has 0 saturated heterocycles. The SMILES string of the molecule is CCNCC(O)COc1ccc(Br)cc1Cl. The first-order valence-electron chi connectivity index (χ1n) is 5.10. The maximum absolute atomic E-state index is 9.55. The molecule has 90 valence electrons. The van der Waals surface area contributed by atoms with Gasteiger partial charge < -0.3 is 15.2 Å². The van der Waals surface area contributed by atoms with Crippen LogP contribution < -0.4 is 10.1 Å². The highest BCUT2D eigenvalue weighted by Crippen LogP contribution is 2.27. The minimum Gasteiger partial charge on any atom is -0.489 e. The van der Waals surface area contributed by atoms with E-state index in [0.717, 1.165) is 11.0 Å². The van der Waals surface area contributed by atoms with E-state index in [1.807, 2.05) is 13.0 Å². The average molecular weight is 309 g/mol. The molecule has 0 amide bonds. The minimum absolute atomic E-state index is 0.231. The molecule has 0 aliphatic rings. The topological polar surface area (TPSA) is 41.5 Å². The van der Waals surface area contributed by atoms with Crippen LogP contribution >= 0.6 is 27.5 Å². The van der Waals surface area contributed by atoms with Gasteiger partial charge in [0.1, 0.15) is 18.5 Å². The van der Waals surface area contributed by atoms with Crippen molar-refractivity contribution in [1.29, 1.82) is 0 Å². The van der Waals surface area contributed by atoms with E-state index in [2.05, 4.69) is 21.2 Å². The van der Waals surface area contributed by atoms with Gasteiger partial charge in [0, 0.05) is 11.0 Å². The van der Waals surface area contributed by atoms with Crippen LogP contribution in [0, 0.1) is 0 Å². The number of halogens is 2. The Morgan fingerprint density at radius 2 is 2.31 bits per heavy atom. The highest BCUT2D eigenvalue weighted by atomic mass is 79.9. The molecule has 0 aromatic heterocycles. The van der Waals surface area contributed by atoms with Gasteiger partial charge in [-0.1, -0.05) is 34.5 Å². The zero-order valence-corrected chi connectivity index (χ0v) is 11.4. The standard InChI is InChI=1S/C11H15BrClNO2/c1-2-14-6-9(15)7-16-11-4-3-8(12)5-10(11)13/h3-5,9,14-15H,2,6-7H2,1H3. The van der Waals surface area contributed by atoms with Crippen LogP contribution in [0.25, 0.3) is 0 Å². The summed E-state index contributed by atoms with van der Waals surface area (Å²) in [6.07, 6.45) is -0.528. The molecule has 1 atom stereocenters. The van der Waals surface area contributed by atoms with Crippen LogP contribution in [0.5, 0.6) is 5.75 Å². The second-order valence-electron chi connectivity index (χ2n) is 3.35. The summed E-state index contributed by atoms with van der Waals surface area (Å²) in [5.74, 6) is 0.584. The first-order chi connectivity index (χ1) is 7.63. The Labute approximate surface area is 109 Å². The summed E-state index contributed by atoms with van der Waals surface area (Å²) in [6, 6.07) is 5.37. The van der Waals surface area contributed by atoms with Gasteiger partial charge >= 0.3 is 0 Å². The maximum atomic E-state index is 9.55. The summed E-state index contributed by atoms with van der Waals surface area (Å²) in [6.45, 7) is 3.56. The molecule has 0 bridgehead atoms. The van der Waals surface area contributed by atoms with Crippen molar-refractivity contribution in [3.05, 3.63) is 27.7 Å². The van der Waals surface area contributed by atoms with Crippen LogP contribution in [-0.2, 0) is 0 Å². The fourth-order valence-corrected chi connectivity index (χ4v) is 1.88. The number of likely N-dealkylation sites (N-methyl/N-ethyl adjacent to an activating group) is 1. The van der Waals surface area contributed by atoms with E-state index in [9.17, 15) is 5.11 Å². The number of ether oxygens (including phenoxy) is 1. The molecule has 5 heteroatoms. The van der Waals surface area contributed by atoms with Crippen molar-refractivity contribution in [2.24, 2.45) is 0 Å². The molecule has 1 aromatic carbocycles. The van der Waals surface area contributed by atoms with E-state index in [0.29, 0.717) is 17.3 Å².